The van der Waals surface area contributed by atoms with Crippen molar-refractivity contribution in [2.24, 2.45) is 0 Å². The Labute approximate surface area is 179 Å². The van der Waals surface area contributed by atoms with E-state index in [1.807, 2.05) is 30.1 Å². The van der Waals surface area contributed by atoms with Crippen LogP contribution in [0.25, 0.3) is 0 Å². The van der Waals surface area contributed by atoms with Gasteiger partial charge in [0, 0.05) is 31.7 Å². The van der Waals surface area contributed by atoms with Gasteiger partial charge in [-0.15, -0.1) is 0 Å². The summed E-state index contributed by atoms with van der Waals surface area (Å²) in [4.78, 5) is 17.3. The smallest absolute Gasteiger partial charge is 0.234 e. The average Bonchev–Trinajstić information content (AvgIpc) is 2.79. The first-order valence-electron chi connectivity index (χ1n) is 11.3. The van der Waals surface area contributed by atoms with E-state index in [0.717, 1.165) is 49.9 Å². The molecular weight excluding hydrogens is 382 g/mol. The van der Waals surface area contributed by atoms with Crippen LogP contribution in [0.4, 0.5) is 0 Å². The number of carbonyl (C=O) groups excluding carboxylic acids is 1. The SMILES string of the molecule is CN(CC(=O)NCC1(N2CCOCC2)CCCCC1)Cc1ccc2c(c1)OCCO2. The summed E-state index contributed by atoms with van der Waals surface area (Å²) in [6.07, 6.45) is 6.13. The fourth-order valence-electron chi connectivity index (χ4n) is 4.97. The number of nitrogens with one attached hydrogen (secondary N) is 1. The van der Waals surface area contributed by atoms with Crippen LogP contribution >= 0.6 is 0 Å². The van der Waals surface area contributed by atoms with Gasteiger partial charge in [-0.25, -0.2) is 0 Å². The van der Waals surface area contributed by atoms with Gasteiger partial charge in [-0.2, -0.15) is 0 Å². The fraction of sp³-hybridized carbons (Fsp3) is 0.696. The zero-order valence-corrected chi connectivity index (χ0v) is 18.2. The van der Waals surface area contributed by atoms with E-state index in [4.69, 9.17) is 14.2 Å². The molecule has 0 aromatic heterocycles. The molecule has 0 unspecified atom stereocenters. The number of nitrogens with zero attached hydrogens (tertiary/aromatic N) is 2. The Bertz CT molecular complexity index is 714. The molecular formula is C23H35N3O4. The second kappa shape index (κ2) is 9.98. The summed E-state index contributed by atoms with van der Waals surface area (Å²) >= 11 is 0. The van der Waals surface area contributed by atoms with Gasteiger partial charge >= 0.3 is 0 Å². The summed E-state index contributed by atoms with van der Waals surface area (Å²) < 4.78 is 16.8. The average molecular weight is 418 g/mol. The van der Waals surface area contributed by atoms with E-state index in [1.54, 1.807) is 0 Å². The molecule has 7 heteroatoms. The van der Waals surface area contributed by atoms with Crippen molar-refractivity contribution >= 4 is 5.91 Å². The molecule has 1 aromatic carbocycles. The number of hydrogen-bond acceptors (Lipinski definition) is 6. The lowest BCUT2D eigenvalue weighted by Gasteiger charge is -2.48. The quantitative estimate of drug-likeness (QED) is 0.733. The Morgan fingerprint density at radius 1 is 1.07 bits per heavy atom. The standard InChI is InChI=1S/C23H35N3O4/c1-25(16-19-5-6-20-21(15-19)30-14-13-29-20)17-22(27)24-18-23(7-3-2-4-8-23)26-9-11-28-12-10-26/h5-6,15H,2-4,7-14,16-18H2,1H3,(H,24,27). The van der Waals surface area contributed by atoms with Gasteiger partial charge in [0.05, 0.1) is 19.8 Å². The number of morpholine rings is 1. The fourth-order valence-corrected chi connectivity index (χ4v) is 4.97. The van der Waals surface area contributed by atoms with Gasteiger partial charge in [0.25, 0.3) is 0 Å². The van der Waals surface area contributed by atoms with Crippen molar-refractivity contribution in [2.45, 2.75) is 44.2 Å². The number of amides is 1. The highest BCUT2D eigenvalue weighted by atomic mass is 16.6. The molecule has 1 amide bonds. The number of fused-ring (bicyclic) bond motifs is 1. The van der Waals surface area contributed by atoms with Crippen molar-refractivity contribution in [3.8, 4) is 11.5 Å². The molecule has 1 aliphatic carbocycles. The van der Waals surface area contributed by atoms with Gasteiger partial charge in [0.1, 0.15) is 13.2 Å². The van der Waals surface area contributed by atoms with Gasteiger partial charge < -0.3 is 19.5 Å². The largest absolute Gasteiger partial charge is 0.486 e. The molecule has 0 atom stereocenters. The number of rotatable bonds is 7. The lowest BCUT2D eigenvalue weighted by atomic mass is 9.79. The molecule has 0 bridgehead atoms. The monoisotopic (exact) mass is 417 g/mol. The van der Waals surface area contributed by atoms with Gasteiger partial charge in [-0.1, -0.05) is 25.3 Å². The molecule has 1 aromatic rings. The number of hydrogen-bond donors (Lipinski definition) is 1. The van der Waals surface area contributed by atoms with Crippen LogP contribution in [0.5, 0.6) is 11.5 Å². The molecule has 30 heavy (non-hydrogen) atoms. The number of likely N-dealkylation sites (N-methyl/N-ethyl adjacent to an activating group) is 1. The van der Waals surface area contributed by atoms with Crippen LogP contribution in [0.3, 0.4) is 0 Å². The minimum Gasteiger partial charge on any atom is -0.486 e. The summed E-state index contributed by atoms with van der Waals surface area (Å²) in [6, 6.07) is 6.00. The van der Waals surface area contributed by atoms with Crippen molar-refractivity contribution in [1.29, 1.82) is 0 Å². The number of ether oxygens (including phenoxy) is 3. The van der Waals surface area contributed by atoms with Crippen molar-refractivity contribution in [3.63, 3.8) is 0 Å². The predicted molar refractivity (Wildman–Crippen MR) is 115 cm³/mol. The van der Waals surface area contributed by atoms with E-state index in [2.05, 4.69) is 10.2 Å². The van der Waals surface area contributed by atoms with E-state index >= 15 is 0 Å². The second-order valence-electron chi connectivity index (χ2n) is 8.81. The van der Waals surface area contributed by atoms with Crippen molar-refractivity contribution in [3.05, 3.63) is 23.8 Å². The van der Waals surface area contributed by atoms with Crippen LogP contribution in [-0.4, -0.2) is 80.9 Å². The Morgan fingerprint density at radius 3 is 2.57 bits per heavy atom. The van der Waals surface area contributed by atoms with Crippen LogP contribution in [-0.2, 0) is 16.1 Å². The van der Waals surface area contributed by atoms with Crippen LogP contribution in [0.1, 0.15) is 37.7 Å². The summed E-state index contributed by atoms with van der Waals surface area (Å²) in [5.74, 6) is 1.68. The van der Waals surface area contributed by atoms with Crippen molar-refractivity contribution in [1.82, 2.24) is 15.1 Å². The van der Waals surface area contributed by atoms with E-state index in [1.165, 1.54) is 32.1 Å². The summed E-state index contributed by atoms with van der Waals surface area (Å²) in [7, 11) is 1.98. The van der Waals surface area contributed by atoms with Crippen LogP contribution in [0, 0.1) is 0 Å². The van der Waals surface area contributed by atoms with Crippen LogP contribution in [0.2, 0.25) is 0 Å². The van der Waals surface area contributed by atoms with Crippen molar-refractivity contribution < 1.29 is 19.0 Å². The van der Waals surface area contributed by atoms with Gasteiger partial charge in [-0.05, 0) is 37.6 Å². The Hall–Kier alpha value is -1.83. The van der Waals surface area contributed by atoms with Crippen LogP contribution in [0.15, 0.2) is 18.2 Å². The maximum absolute atomic E-state index is 12.7. The van der Waals surface area contributed by atoms with Gasteiger partial charge in [0.15, 0.2) is 11.5 Å². The first-order chi connectivity index (χ1) is 14.6. The minimum absolute atomic E-state index is 0.0910. The molecule has 2 fully saturated rings. The maximum atomic E-state index is 12.7. The Kier molecular flexibility index (Phi) is 7.12. The van der Waals surface area contributed by atoms with Crippen molar-refractivity contribution in [2.75, 3.05) is 59.7 Å². The normalized spacial score (nSPS) is 21.4. The van der Waals surface area contributed by atoms with E-state index in [9.17, 15) is 4.79 Å². The highest BCUT2D eigenvalue weighted by Gasteiger charge is 2.38. The lowest BCUT2D eigenvalue weighted by Crippen LogP contribution is -2.60. The van der Waals surface area contributed by atoms with Gasteiger partial charge in [-0.3, -0.25) is 14.6 Å². The Balaban J connectivity index is 1.28. The third kappa shape index (κ3) is 5.25. The summed E-state index contributed by atoms with van der Waals surface area (Å²) in [5, 5.41) is 3.25. The van der Waals surface area contributed by atoms with E-state index in [-0.39, 0.29) is 11.4 Å². The summed E-state index contributed by atoms with van der Waals surface area (Å²) in [6.45, 7) is 6.54. The molecule has 1 saturated heterocycles. The zero-order chi connectivity index (χ0) is 20.8. The summed E-state index contributed by atoms with van der Waals surface area (Å²) in [5.41, 5.74) is 1.22. The highest BCUT2D eigenvalue weighted by molar-refractivity contribution is 5.78. The molecule has 3 aliphatic rings. The van der Waals surface area contributed by atoms with E-state index < -0.39 is 0 Å². The third-order valence-corrected chi connectivity index (χ3v) is 6.55. The molecule has 7 nitrogen and oxygen atoms in total. The first-order valence-corrected chi connectivity index (χ1v) is 11.3. The number of carbonyl (C=O) groups is 1. The third-order valence-electron chi connectivity index (χ3n) is 6.55. The number of benzene rings is 1. The molecule has 2 heterocycles. The molecule has 4 rings (SSSR count). The second-order valence-corrected chi connectivity index (χ2v) is 8.81. The first kappa shape index (κ1) is 21.4. The zero-order valence-electron chi connectivity index (χ0n) is 18.2. The maximum Gasteiger partial charge on any atom is 0.234 e. The van der Waals surface area contributed by atoms with Gasteiger partial charge in [0.2, 0.25) is 5.91 Å². The topological polar surface area (TPSA) is 63.3 Å². The Morgan fingerprint density at radius 2 is 1.80 bits per heavy atom. The molecule has 166 valence electrons. The predicted octanol–water partition coefficient (Wildman–Crippen LogP) is 2.04. The lowest BCUT2D eigenvalue weighted by molar-refractivity contribution is -0.123. The highest BCUT2D eigenvalue weighted by Crippen LogP contribution is 2.34. The van der Waals surface area contributed by atoms with E-state index in [0.29, 0.717) is 26.3 Å². The minimum atomic E-state index is 0.0910. The molecule has 0 radical (unpaired) electrons. The molecule has 1 saturated carbocycles. The van der Waals surface area contributed by atoms with Crippen LogP contribution < -0.4 is 14.8 Å². The molecule has 0 spiro atoms. The molecule has 1 N–H and O–H groups in total. The molecule has 2 aliphatic heterocycles.